The van der Waals surface area contributed by atoms with Crippen LogP contribution in [0.5, 0.6) is 0 Å². The van der Waals surface area contributed by atoms with E-state index in [9.17, 15) is 0 Å². The second-order valence-corrected chi connectivity index (χ2v) is 6.75. The number of hydrogen-bond donors (Lipinski definition) is 0. The van der Waals surface area contributed by atoms with Gasteiger partial charge in [-0.3, -0.25) is 4.98 Å². The summed E-state index contributed by atoms with van der Waals surface area (Å²) in [6.07, 6.45) is 6.24. The van der Waals surface area contributed by atoms with Crippen LogP contribution >= 0.6 is 0 Å². The molecule has 0 fully saturated rings. The Kier molecular flexibility index (Phi) is 2.29. The number of para-hydroxylation sites is 1. The van der Waals surface area contributed by atoms with Crippen molar-refractivity contribution in [3.05, 3.63) is 73.2 Å². The van der Waals surface area contributed by atoms with Crippen molar-refractivity contribution >= 4 is 49.0 Å². The predicted molar refractivity (Wildman–Crippen MR) is 104 cm³/mol. The number of aromatic nitrogens is 3. The maximum absolute atomic E-state index is 4.71. The molecule has 25 heavy (non-hydrogen) atoms. The number of pyridine rings is 2. The highest BCUT2D eigenvalue weighted by atomic mass is 14.9. The van der Waals surface area contributed by atoms with Gasteiger partial charge < -0.3 is 8.97 Å². The lowest BCUT2D eigenvalue weighted by Crippen LogP contribution is -1.92. The van der Waals surface area contributed by atoms with Crippen LogP contribution in [0.1, 0.15) is 0 Å². The highest BCUT2D eigenvalue weighted by Gasteiger charge is 2.13. The molecule has 0 saturated carbocycles. The molecule has 3 heteroatoms. The highest BCUT2D eigenvalue weighted by molar-refractivity contribution is 6.16. The largest absolute Gasteiger partial charge is 0.356 e. The molecular formula is C22H15N3. The normalized spacial score (nSPS) is 12.2. The van der Waals surface area contributed by atoms with Crippen molar-refractivity contribution in [1.82, 2.24) is 14.0 Å². The van der Waals surface area contributed by atoms with E-state index in [0.717, 1.165) is 5.52 Å². The van der Waals surface area contributed by atoms with E-state index in [1.807, 2.05) is 12.3 Å². The van der Waals surface area contributed by atoms with Crippen LogP contribution in [0.4, 0.5) is 0 Å². The van der Waals surface area contributed by atoms with Gasteiger partial charge in [0.05, 0.1) is 22.1 Å². The second kappa shape index (κ2) is 4.39. The Hall–Kier alpha value is -3.33. The van der Waals surface area contributed by atoms with E-state index in [1.165, 1.54) is 43.5 Å². The molecule has 0 radical (unpaired) electrons. The summed E-state index contributed by atoms with van der Waals surface area (Å²) >= 11 is 0. The summed E-state index contributed by atoms with van der Waals surface area (Å²) in [6, 6.07) is 19.6. The Morgan fingerprint density at radius 2 is 1.52 bits per heavy atom. The van der Waals surface area contributed by atoms with Crippen LogP contribution in [-0.2, 0) is 7.05 Å². The molecule has 0 aliphatic rings. The number of aryl methyl sites for hydroxylation is 1. The van der Waals surface area contributed by atoms with Gasteiger partial charge in [0, 0.05) is 52.6 Å². The Bertz CT molecular complexity index is 1450. The summed E-state index contributed by atoms with van der Waals surface area (Å²) < 4.78 is 4.47. The zero-order chi connectivity index (χ0) is 16.5. The summed E-state index contributed by atoms with van der Waals surface area (Å²) in [5.74, 6) is 0. The van der Waals surface area contributed by atoms with Crippen LogP contribution in [0.15, 0.2) is 73.2 Å². The molecule has 0 saturated heterocycles. The fourth-order valence-electron chi connectivity index (χ4n) is 4.14. The van der Waals surface area contributed by atoms with Crippen LogP contribution in [0.3, 0.4) is 0 Å². The molecule has 6 aromatic rings. The Morgan fingerprint density at radius 3 is 2.44 bits per heavy atom. The second-order valence-electron chi connectivity index (χ2n) is 6.75. The van der Waals surface area contributed by atoms with E-state index < -0.39 is 0 Å². The third-order valence-electron chi connectivity index (χ3n) is 5.18. The summed E-state index contributed by atoms with van der Waals surface area (Å²) in [5.41, 5.74) is 4.68. The van der Waals surface area contributed by atoms with Gasteiger partial charge >= 0.3 is 0 Å². The minimum atomic E-state index is 1.06. The van der Waals surface area contributed by atoms with Crippen LogP contribution in [0.2, 0.25) is 0 Å². The van der Waals surface area contributed by atoms with Crippen molar-refractivity contribution in [1.29, 1.82) is 0 Å². The van der Waals surface area contributed by atoms with E-state index in [4.69, 9.17) is 4.98 Å². The van der Waals surface area contributed by atoms with Gasteiger partial charge in [0.15, 0.2) is 0 Å². The molecular weight excluding hydrogens is 306 g/mol. The molecule has 0 atom stereocenters. The lowest BCUT2D eigenvalue weighted by atomic mass is 10.1. The summed E-state index contributed by atoms with van der Waals surface area (Å²) in [6.45, 7) is 0. The predicted octanol–water partition coefficient (Wildman–Crippen LogP) is 5.29. The first-order chi connectivity index (χ1) is 12.3. The summed E-state index contributed by atoms with van der Waals surface area (Å²) in [4.78, 5) is 4.71. The van der Waals surface area contributed by atoms with Crippen molar-refractivity contribution in [3.63, 3.8) is 0 Å². The maximum Gasteiger partial charge on any atom is 0.0949 e. The smallest absolute Gasteiger partial charge is 0.0949 e. The first-order valence-corrected chi connectivity index (χ1v) is 8.46. The average molecular weight is 321 g/mol. The number of hydrogen-bond acceptors (Lipinski definition) is 1. The number of nitrogens with zero attached hydrogens (tertiary/aromatic N) is 3. The summed E-state index contributed by atoms with van der Waals surface area (Å²) in [7, 11) is 2.07. The molecule has 118 valence electrons. The van der Waals surface area contributed by atoms with Crippen LogP contribution in [-0.4, -0.2) is 14.0 Å². The Balaban J connectivity index is 2.02. The van der Waals surface area contributed by atoms with Crippen molar-refractivity contribution in [2.75, 3.05) is 0 Å². The Morgan fingerprint density at radius 1 is 0.720 bits per heavy atom. The van der Waals surface area contributed by atoms with E-state index >= 15 is 0 Å². The lowest BCUT2D eigenvalue weighted by molar-refractivity contribution is 0.933. The molecule has 4 aromatic heterocycles. The van der Waals surface area contributed by atoms with Crippen molar-refractivity contribution in [2.24, 2.45) is 7.05 Å². The highest BCUT2D eigenvalue weighted by Crippen LogP contribution is 2.35. The van der Waals surface area contributed by atoms with Crippen LogP contribution < -0.4 is 0 Å². The van der Waals surface area contributed by atoms with E-state index in [-0.39, 0.29) is 0 Å². The molecule has 0 aliphatic heterocycles. The number of fused-ring (bicyclic) bond motifs is 9. The van der Waals surface area contributed by atoms with Gasteiger partial charge in [0.1, 0.15) is 0 Å². The van der Waals surface area contributed by atoms with Gasteiger partial charge in [0.2, 0.25) is 0 Å². The molecule has 0 amide bonds. The topological polar surface area (TPSA) is 22.2 Å². The van der Waals surface area contributed by atoms with Crippen molar-refractivity contribution < 1.29 is 0 Å². The van der Waals surface area contributed by atoms with E-state index in [1.54, 1.807) is 0 Å². The van der Waals surface area contributed by atoms with Gasteiger partial charge in [-0.25, -0.2) is 0 Å². The van der Waals surface area contributed by atoms with Crippen molar-refractivity contribution in [3.8, 4) is 0 Å². The lowest BCUT2D eigenvalue weighted by Gasteiger charge is -2.09. The molecule has 0 aliphatic carbocycles. The fourth-order valence-corrected chi connectivity index (χ4v) is 4.14. The Labute approximate surface area is 143 Å². The molecule has 3 nitrogen and oxygen atoms in total. The minimum absolute atomic E-state index is 1.06. The quantitative estimate of drug-likeness (QED) is 0.349. The standard InChI is InChI=1S/C22H15N3/c1-24-12-15-9-18-17-6-4-8-23-22(17)21-10-14-5-2-3-7-19(14)25(21)20(18)11-16(15)13-24/h2-13H,1H3. The van der Waals surface area contributed by atoms with Gasteiger partial charge in [-0.2, -0.15) is 0 Å². The van der Waals surface area contributed by atoms with Crippen LogP contribution in [0.25, 0.3) is 49.0 Å². The summed E-state index contributed by atoms with van der Waals surface area (Å²) in [5, 5.41) is 6.22. The fraction of sp³-hybridized carbons (Fsp3) is 0.0455. The van der Waals surface area contributed by atoms with Crippen molar-refractivity contribution in [2.45, 2.75) is 0 Å². The average Bonchev–Trinajstić information content (AvgIpc) is 3.19. The zero-order valence-electron chi connectivity index (χ0n) is 13.8. The van der Waals surface area contributed by atoms with Gasteiger partial charge in [0.25, 0.3) is 0 Å². The van der Waals surface area contributed by atoms with E-state index in [2.05, 4.69) is 76.9 Å². The maximum atomic E-state index is 4.71. The molecule has 6 rings (SSSR count). The van der Waals surface area contributed by atoms with Gasteiger partial charge in [-0.15, -0.1) is 0 Å². The number of rotatable bonds is 0. The molecule has 4 heterocycles. The van der Waals surface area contributed by atoms with Gasteiger partial charge in [-0.1, -0.05) is 24.3 Å². The third kappa shape index (κ3) is 1.62. The first kappa shape index (κ1) is 13.0. The minimum Gasteiger partial charge on any atom is -0.356 e. The van der Waals surface area contributed by atoms with Crippen LogP contribution in [0, 0.1) is 0 Å². The molecule has 0 unspecified atom stereocenters. The van der Waals surface area contributed by atoms with E-state index in [0.29, 0.717) is 0 Å². The number of benzene rings is 2. The zero-order valence-corrected chi connectivity index (χ0v) is 13.8. The molecule has 0 bridgehead atoms. The molecule has 0 N–H and O–H groups in total. The molecule has 0 spiro atoms. The monoisotopic (exact) mass is 321 g/mol. The SMILES string of the molecule is Cn1cc2cc3c4cccnc4c4cc5ccccc5n4c3cc2c1. The first-order valence-electron chi connectivity index (χ1n) is 8.46. The van der Waals surface area contributed by atoms with Gasteiger partial charge in [-0.05, 0) is 30.3 Å². The third-order valence-corrected chi connectivity index (χ3v) is 5.18. The molecule has 2 aromatic carbocycles.